The van der Waals surface area contributed by atoms with Gasteiger partial charge < -0.3 is 68.2 Å². The number of nitriles is 2. The molecule has 6 aromatic rings. The van der Waals surface area contributed by atoms with Crippen molar-refractivity contribution in [2.45, 2.75) is 181 Å². The standard InChI is InChI=1S/C57H67N2O7P.C20H37N2O9P.C12H23NO4/c1-43(2)59(44(3)4)67(65-40-16-39-58)66-42-55(5,37-38-56(45-17-12-10-13-18-45,46-21-29-51(60-6)30-22-46)47-23-31-52(61-7)32-24-47)41-64-57(48-19-14-11-15-20-48,49-25-33-53(62-8)34-26-49)50-27-35-54(63-9)36-28-50;1-3-22-18(25)9-10-19(26)28-12-6-4-5-7-13-29-32(27,30-14-8-11-21)31-17-20(2,15-23)16-24;1-2-13-11(15)7-8-12(16)17-10-6-4-3-5-9-14/h10-15,17-36,43-44H,16,37-38,40-42H2,1-9H3;23-24H,3-10,12-17H2,1-2H3,(H,22,25);14H,2-10H2,1H3,(H,13,15). The Labute approximate surface area is 689 Å². The molecular formula is C89H127N5O20P2. The highest BCUT2D eigenvalue weighted by atomic mass is 31.2. The van der Waals surface area contributed by atoms with Crippen LogP contribution in [0.4, 0.5) is 0 Å². The molecule has 27 heteroatoms. The predicted molar refractivity (Wildman–Crippen MR) is 449 cm³/mol. The lowest BCUT2D eigenvalue weighted by atomic mass is 9.64. The maximum Gasteiger partial charge on any atom is 0.474 e. The molecule has 0 aromatic heterocycles. The molecule has 3 atom stereocenters. The number of aliphatic hydroxyl groups is 3. The van der Waals surface area contributed by atoms with Crippen LogP contribution in [-0.4, -0.2) is 170 Å². The van der Waals surface area contributed by atoms with Gasteiger partial charge in [-0.15, -0.1) is 0 Å². The number of phosphoric acid groups is 1. The Bertz CT molecular complexity index is 3600. The van der Waals surface area contributed by atoms with Gasteiger partial charge in [0.1, 0.15) is 28.6 Å². The van der Waals surface area contributed by atoms with Crippen molar-refractivity contribution in [3.63, 3.8) is 0 Å². The van der Waals surface area contributed by atoms with Crippen LogP contribution in [0.1, 0.15) is 192 Å². The molecule has 0 aliphatic heterocycles. The van der Waals surface area contributed by atoms with Gasteiger partial charge in [0, 0.05) is 60.9 Å². The van der Waals surface area contributed by atoms with E-state index in [4.69, 9.17) is 66.1 Å². The van der Waals surface area contributed by atoms with E-state index in [2.05, 4.69) is 159 Å². The van der Waals surface area contributed by atoms with Crippen molar-refractivity contribution in [2.24, 2.45) is 10.8 Å². The molecule has 0 heterocycles. The number of nitrogens with zero attached hydrogens (tertiary/aromatic N) is 3. The molecule has 5 N–H and O–H groups in total. The van der Waals surface area contributed by atoms with E-state index in [1.165, 1.54) is 0 Å². The summed E-state index contributed by atoms with van der Waals surface area (Å²) in [6, 6.07) is 58.6. The fraction of sp³-hybridized carbons (Fsp3) is 0.528. The first-order valence-electron chi connectivity index (χ1n) is 40.0. The minimum Gasteiger partial charge on any atom is -0.497 e. The number of carbonyl (C=O) groups excluding carboxylic acids is 4. The highest BCUT2D eigenvalue weighted by Crippen LogP contribution is 2.53. The molecule has 0 saturated heterocycles. The molecule has 25 nitrogen and oxygen atoms in total. The first-order valence-corrected chi connectivity index (χ1v) is 42.6. The van der Waals surface area contributed by atoms with Crippen molar-refractivity contribution >= 4 is 40.1 Å². The number of rotatable bonds is 55. The van der Waals surface area contributed by atoms with Gasteiger partial charge in [-0.25, -0.2) is 9.24 Å². The molecule has 116 heavy (non-hydrogen) atoms. The summed E-state index contributed by atoms with van der Waals surface area (Å²) in [6.07, 6.45) is 8.27. The average molecular weight is 1650 g/mol. The minimum absolute atomic E-state index is 0.00990. The molecular weight excluding hydrogens is 1520 g/mol. The van der Waals surface area contributed by atoms with E-state index in [0.29, 0.717) is 52.0 Å². The number of methoxy groups -OCH3 is 4. The van der Waals surface area contributed by atoms with Crippen molar-refractivity contribution in [3.05, 3.63) is 191 Å². The van der Waals surface area contributed by atoms with Gasteiger partial charge in [0.05, 0.1) is 132 Å². The number of benzene rings is 6. The smallest absolute Gasteiger partial charge is 0.474 e. The van der Waals surface area contributed by atoms with E-state index < -0.39 is 44.2 Å². The van der Waals surface area contributed by atoms with Gasteiger partial charge in [-0.05, 0) is 175 Å². The van der Waals surface area contributed by atoms with Crippen LogP contribution in [0.3, 0.4) is 0 Å². The van der Waals surface area contributed by atoms with Crippen molar-refractivity contribution < 1.29 is 94.8 Å². The highest BCUT2D eigenvalue weighted by molar-refractivity contribution is 7.48. The average Bonchev–Trinajstić information content (AvgIpc) is 0.755. The third kappa shape index (κ3) is 34.3. The summed E-state index contributed by atoms with van der Waals surface area (Å²) in [5, 5.41) is 50.6. The second kappa shape index (κ2) is 55.3. The van der Waals surface area contributed by atoms with Gasteiger partial charge in [0.15, 0.2) is 0 Å². The van der Waals surface area contributed by atoms with Crippen molar-refractivity contribution in [1.29, 1.82) is 10.5 Å². The first kappa shape index (κ1) is 100.0. The maximum absolute atomic E-state index is 12.7. The lowest BCUT2D eigenvalue weighted by Crippen LogP contribution is -2.41. The topological polar surface area (TPSA) is 332 Å². The van der Waals surface area contributed by atoms with Crippen LogP contribution in [0.2, 0.25) is 0 Å². The number of amides is 2. The van der Waals surface area contributed by atoms with Crippen LogP contribution >= 0.6 is 16.3 Å². The Balaban J connectivity index is 0.000000476. The molecule has 0 bridgehead atoms. The summed E-state index contributed by atoms with van der Waals surface area (Å²) in [5.74, 6) is 2.03. The van der Waals surface area contributed by atoms with E-state index in [-0.39, 0.29) is 128 Å². The Morgan fingerprint density at radius 1 is 0.457 bits per heavy atom. The molecule has 638 valence electrons. The number of ether oxygens (including phenoxy) is 7. The number of hydrogen-bond donors (Lipinski definition) is 5. The lowest BCUT2D eigenvalue weighted by molar-refractivity contribution is -0.145. The van der Waals surface area contributed by atoms with Gasteiger partial charge in [-0.1, -0.05) is 136 Å². The predicted octanol–water partition coefficient (Wildman–Crippen LogP) is 16.2. The Hall–Kier alpha value is -8.36. The van der Waals surface area contributed by atoms with Crippen LogP contribution in [0.5, 0.6) is 23.0 Å². The Morgan fingerprint density at radius 3 is 1.25 bits per heavy atom. The Morgan fingerprint density at radius 2 is 0.845 bits per heavy atom. The number of phosphoric ester groups is 1. The third-order valence-electron chi connectivity index (χ3n) is 19.1. The van der Waals surface area contributed by atoms with Gasteiger partial charge in [-0.3, -0.25) is 32.7 Å². The number of hydrogen-bond acceptors (Lipinski definition) is 23. The Kier molecular flexibility index (Phi) is 47.7. The zero-order valence-electron chi connectivity index (χ0n) is 70.2. The molecule has 0 aliphatic carbocycles. The van der Waals surface area contributed by atoms with E-state index in [1.807, 2.05) is 67.6 Å². The van der Waals surface area contributed by atoms with Crippen molar-refractivity contribution in [2.75, 3.05) is 114 Å². The van der Waals surface area contributed by atoms with Crippen LogP contribution < -0.4 is 29.6 Å². The third-order valence-corrected chi connectivity index (χ3v) is 22.6. The summed E-state index contributed by atoms with van der Waals surface area (Å²) >= 11 is 0. The van der Waals surface area contributed by atoms with Gasteiger partial charge in [-0.2, -0.15) is 10.5 Å². The first-order chi connectivity index (χ1) is 55.9. The molecule has 0 aliphatic rings. The van der Waals surface area contributed by atoms with Gasteiger partial charge in [0.25, 0.3) is 8.53 Å². The SMILES string of the molecule is CCNC(=O)CCC(=O)OCCCCCCO.CCNC(=O)CCC(=O)OCCCCCCOP(=O)(OCCC#N)OCC(C)(CO)CO.COc1ccc(C(CCC(C)(COP(OCCC#N)N(C(C)C)C(C)C)COC(c2ccccc2)(c2ccc(OC)cc2)c2ccc(OC)cc2)(c2ccccc2)c2ccc(OC)cc2)cc1. The molecule has 2 amide bonds. The van der Waals surface area contributed by atoms with E-state index in [9.17, 15) is 39.2 Å². The number of carbonyl (C=O) groups is 4. The van der Waals surface area contributed by atoms with Crippen LogP contribution in [0, 0.1) is 33.5 Å². The number of aliphatic hydroxyl groups excluding tert-OH is 3. The quantitative estimate of drug-likeness (QED) is 0.0102. The zero-order chi connectivity index (χ0) is 85.1. The van der Waals surface area contributed by atoms with Crippen LogP contribution in [0.15, 0.2) is 158 Å². The van der Waals surface area contributed by atoms with Gasteiger partial charge in [0.2, 0.25) is 11.8 Å². The minimum atomic E-state index is -3.94. The summed E-state index contributed by atoms with van der Waals surface area (Å²) in [7, 11) is 1.23. The maximum atomic E-state index is 12.7. The fourth-order valence-corrected chi connectivity index (χ4v) is 15.6. The summed E-state index contributed by atoms with van der Waals surface area (Å²) < 4.78 is 84.8. The van der Waals surface area contributed by atoms with Gasteiger partial charge >= 0.3 is 19.8 Å². The largest absolute Gasteiger partial charge is 0.497 e. The second-order valence-electron chi connectivity index (χ2n) is 29.0. The van der Waals surface area contributed by atoms with Crippen LogP contribution in [-0.2, 0) is 71.6 Å². The molecule has 6 aromatic carbocycles. The molecule has 0 spiro atoms. The molecule has 0 radical (unpaired) electrons. The van der Waals surface area contributed by atoms with E-state index >= 15 is 0 Å². The molecule has 0 saturated carbocycles. The van der Waals surface area contributed by atoms with Crippen molar-refractivity contribution in [1.82, 2.24) is 15.3 Å². The zero-order valence-corrected chi connectivity index (χ0v) is 72.0. The van der Waals surface area contributed by atoms with Crippen LogP contribution in [0.25, 0.3) is 0 Å². The van der Waals surface area contributed by atoms with Crippen molar-refractivity contribution in [3.8, 4) is 35.1 Å². The molecule has 0 fully saturated rings. The number of unbranched alkanes of at least 4 members (excludes halogenated alkanes) is 6. The molecule has 3 unspecified atom stereocenters. The van der Waals surface area contributed by atoms with E-state index in [0.717, 1.165) is 94.9 Å². The van der Waals surface area contributed by atoms with E-state index in [1.54, 1.807) is 42.3 Å². The summed E-state index contributed by atoms with van der Waals surface area (Å²) in [4.78, 5) is 45.1. The summed E-state index contributed by atoms with van der Waals surface area (Å²) in [5.41, 5.74) is 2.90. The fourth-order valence-electron chi connectivity index (χ4n) is 12.5. The lowest BCUT2D eigenvalue weighted by Gasteiger charge is -2.43. The number of nitrogens with one attached hydrogen (secondary N) is 2. The molecule has 6 rings (SSSR count). The monoisotopic (exact) mass is 1650 g/mol. The number of esters is 2. The highest BCUT2D eigenvalue weighted by Gasteiger charge is 2.44. The second-order valence-corrected chi connectivity index (χ2v) is 32.1. The summed E-state index contributed by atoms with van der Waals surface area (Å²) in [6.45, 7) is 17.9. The normalized spacial score (nSPS) is 12.8.